The first-order valence-corrected chi connectivity index (χ1v) is 9.91. The summed E-state index contributed by atoms with van der Waals surface area (Å²) in [6, 6.07) is 10.4. The van der Waals surface area contributed by atoms with E-state index in [0.29, 0.717) is 6.04 Å². The number of piperidine rings is 1. The Bertz CT molecular complexity index is 930. The van der Waals surface area contributed by atoms with Crippen molar-refractivity contribution in [2.45, 2.75) is 45.4 Å². The largest absolute Gasteiger partial charge is 0.491 e. The molecule has 4 rings (SSSR count). The molecule has 3 N–H and O–H groups in total. The molecule has 1 aromatic carbocycles. The van der Waals surface area contributed by atoms with Crippen molar-refractivity contribution in [3.63, 3.8) is 0 Å². The molecule has 1 aliphatic heterocycles. The Morgan fingerprint density at radius 2 is 2.07 bits per heavy atom. The summed E-state index contributed by atoms with van der Waals surface area (Å²) >= 11 is 0. The van der Waals surface area contributed by atoms with Crippen LogP contribution in [-0.4, -0.2) is 44.7 Å². The Balaban J connectivity index is 1.58. The number of nitrogens with one attached hydrogen (secondary N) is 1. The summed E-state index contributed by atoms with van der Waals surface area (Å²) < 4.78 is 7.69. The van der Waals surface area contributed by atoms with Gasteiger partial charge in [0, 0.05) is 30.5 Å². The third kappa shape index (κ3) is 4.26. The summed E-state index contributed by atoms with van der Waals surface area (Å²) in [6.07, 6.45) is 5.81. The van der Waals surface area contributed by atoms with Crippen LogP contribution in [0.15, 0.2) is 42.9 Å². The number of ether oxygens (including phenoxy) is 1. The summed E-state index contributed by atoms with van der Waals surface area (Å²) in [5.74, 6) is 1.63. The highest BCUT2D eigenvalue weighted by Gasteiger charge is 2.19. The standard InChI is InChI=1S/C21H28N6O/c1-15(2)28-19-5-3-4-18(12-19)25-21-20-16(6-11-27(20)24-14-23-21)13-26-9-7-17(22)8-10-26/h3-6,11-12,14-15,17H,7-10,13,22H2,1-2H3,(H,23,24,25). The Kier molecular flexibility index (Phi) is 5.45. The van der Waals surface area contributed by atoms with Gasteiger partial charge < -0.3 is 15.8 Å². The zero-order chi connectivity index (χ0) is 19.5. The van der Waals surface area contributed by atoms with Crippen molar-refractivity contribution in [2.75, 3.05) is 18.4 Å². The van der Waals surface area contributed by atoms with Gasteiger partial charge in [-0.25, -0.2) is 9.50 Å². The Labute approximate surface area is 165 Å². The number of nitrogens with two attached hydrogens (primary N) is 1. The highest BCUT2D eigenvalue weighted by molar-refractivity contribution is 5.76. The van der Waals surface area contributed by atoms with Crippen LogP contribution in [0, 0.1) is 0 Å². The van der Waals surface area contributed by atoms with Crippen LogP contribution in [-0.2, 0) is 6.54 Å². The predicted octanol–water partition coefficient (Wildman–Crippen LogP) is 3.18. The Hall–Kier alpha value is -2.64. The summed E-state index contributed by atoms with van der Waals surface area (Å²) in [4.78, 5) is 6.96. The predicted molar refractivity (Wildman–Crippen MR) is 111 cm³/mol. The number of hydrogen-bond donors (Lipinski definition) is 2. The Morgan fingerprint density at radius 3 is 2.86 bits per heavy atom. The van der Waals surface area contributed by atoms with Gasteiger partial charge in [-0.2, -0.15) is 5.10 Å². The van der Waals surface area contributed by atoms with Crippen LogP contribution in [0.5, 0.6) is 5.75 Å². The molecule has 0 unspecified atom stereocenters. The van der Waals surface area contributed by atoms with Gasteiger partial charge in [0.05, 0.1) is 6.10 Å². The molecule has 148 valence electrons. The zero-order valence-electron chi connectivity index (χ0n) is 16.5. The van der Waals surface area contributed by atoms with E-state index in [2.05, 4.69) is 26.4 Å². The molecule has 2 aromatic heterocycles. The lowest BCUT2D eigenvalue weighted by Gasteiger charge is -2.29. The molecule has 7 nitrogen and oxygen atoms in total. The second-order valence-electron chi connectivity index (χ2n) is 7.68. The molecule has 3 aromatic rings. The van der Waals surface area contributed by atoms with Crippen molar-refractivity contribution in [3.05, 3.63) is 48.4 Å². The van der Waals surface area contributed by atoms with Crippen LogP contribution in [0.3, 0.4) is 0 Å². The number of rotatable bonds is 6. The molecule has 0 amide bonds. The molecule has 7 heteroatoms. The zero-order valence-corrected chi connectivity index (χ0v) is 16.5. The SMILES string of the molecule is CC(C)Oc1cccc(Nc2ncnn3ccc(CN4CCC(N)CC4)c23)c1. The highest BCUT2D eigenvalue weighted by Crippen LogP contribution is 2.26. The quantitative estimate of drug-likeness (QED) is 0.684. The van der Waals surface area contributed by atoms with Crippen LogP contribution in [0.1, 0.15) is 32.3 Å². The van der Waals surface area contributed by atoms with Crippen molar-refractivity contribution < 1.29 is 4.74 Å². The smallest absolute Gasteiger partial charge is 0.158 e. The van der Waals surface area contributed by atoms with Gasteiger partial charge in [-0.3, -0.25) is 4.90 Å². The molecule has 1 fully saturated rings. The number of hydrogen-bond acceptors (Lipinski definition) is 6. The molecular weight excluding hydrogens is 352 g/mol. The molecule has 3 heterocycles. The fourth-order valence-corrected chi connectivity index (χ4v) is 3.65. The fourth-order valence-electron chi connectivity index (χ4n) is 3.65. The highest BCUT2D eigenvalue weighted by atomic mass is 16.5. The van der Waals surface area contributed by atoms with Crippen molar-refractivity contribution >= 4 is 17.0 Å². The number of benzene rings is 1. The van der Waals surface area contributed by atoms with E-state index in [1.54, 1.807) is 6.33 Å². The molecule has 0 aliphatic carbocycles. The van der Waals surface area contributed by atoms with Crippen molar-refractivity contribution in [1.82, 2.24) is 19.5 Å². The second kappa shape index (κ2) is 8.16. The van der Waals surface area contributed by atoms with Gasteiger partial charge in [0.2, 0.25) is 0 Å². The minimum Gasteiger partial charge on any atom is -0.491 e. The minimum atomic E-state index is 0.135. The maximum Gasteiger partial charge on any atom is 0.158 e. The van der Waals surface area contributed by atoms with E-state index in [-0.39, 0.29) is 6.10 Å². The van der Waals surface area contributed by atoms with Crippen molar-refractivity contribution in [3.8, 4) is 5.75 Å². The fraction of sp³-hybridized carbons (Fsp3) is 0.429. The third-order valence-electron chi connectivity index (χ3n) is 5.03. The van der Waals surface area contributed by atoms with E-state index in [1.807, 2.05) is 48.8 Å². The molecule has 0 radical (unpaired) electrons. The van der Waals surface area contributed by atoms with Gasteiger partial charge in [0.1, 0.15) is 17.6 Å². The van der Waals surface area contributed by atoms with E-state index >= 15 is 0 Å². The van der Waals surface area contributed by atoms with E-state index in [1.165, 1.54) is 5.56 Å². The van der Waals surface area contributed by atoms with Gasteiger partial charge in [-0.05, 0) is 63.5 Å². The first kappa shape index (κ1) is 18.7. The number of aromatic nitrogens is 3. The first-order chi connectivity index (χ1) is 13.6. The summed E-state index contributed by atoms with van der Waals surface area (Å²) in [6.45, 7) is 6.98. The van der Waals surface area contributed by atoms with E-state index in [4.69, 9.17) is 10.5 Å². The summed E-state index contributed by atoms with van der Waals surface area (Å²) in [5, 5.41) is 7.81. The molecule has 0 spiro atoms. The molecular formula is C21H28N6O. The van der Waals surface area contributed by atoms with E-state index < -0.39 is 0 Å². The number of nitrogens with zero attached hydrogens (tertiary/aromatic N) is 4. The monoisotopic (exact) mass is 380 g/mol. The molecule has 0 atom stereocenters. The average molecular weight is 380 g/mol. The van der Waals surface area contributed by atoms with Crippen LogP contribution in [0.25, 0.3) is 5.52 Å². The van der Waals surface area contributed by atoms with Gasteiger partial charge in [0.15, 0.2) is 5.82 Å². The van der Waals surface area contributed by atoms with E-state index in [0.717, 1.165) is 55.2 Å². The summed E-state index contributed by atoms with van der Waals surface area (Å²) in [7, 11) is 0. The first-order valence-electron chi connectivity index (χ1n) is 9.91. The lowest BCUT2D eigenvalue weighted by molar-refractivity contribution is 0.206. The number of fused-ring (bicyclic) bond motifs is 1. The molecule has 1 aliphatic rings. The maximum atomic E-state index is 6.04. The number of anilines is 2. The van der Waals surface area contributed by atoms with Gasteiger partial charge in [0.25, 0.3) is 0 Å². The number of likely N-dealkylation sites (tertiary alicyclic amines) is 1. The molecule has 1 saturated heterocycles. The minimum absolute atomic E-state index is 0.135. The van der Waals surface area contributed by atoms with Crippen LogP contribution in [0.2, 0.25) is 0 Å². The van der Waals surface area contributed by atoms with Crippen molar-refractivity contribution in [1.29, 1.82) is 0 Å². The molecule has 0 saturated carbocycles. The second-order valence-corrected chi connectivity index (χ2v) is 7.68. The maximum absolute atomic E-state index is 6.04. The van der Waals surface area contributed by atoms with Crippen molar-refractivity contribution in [2.24, 2.45) is 5.73 Å². The topological polar surface area (TPSA) is 80.7 Å². The van der Waals surface area contributed by atoms with Crippen LogP contribution < -0.4 is 15.8 Å². The van der Waals surface area contributed by atoms with Gasteiger partial charge in [-0.15, -0.1) is 0 Å². The summed E-state index contributed by atoms with van der Waals surface area (Å²) in [5.41, 5.74) is 9.20. The molecule has 28 heavy (non-hydrogen) atoms. The Morgan fingerprint density at radius 1 is 1.25 bits per heavy atom. The van der Waals surface area contributed by atoms with Gasteiger partial charge >= 0.3 is 0 Å². The molecule has 0 bridgehead atoms. The average Bonchev–Trinajstić information content (AvgIpc) is 3.07. The normalized spacial score (nSPS) is 16.0. The third-order valence-corrected chi connectivity index (χ3v) is 5.03. The van der Waals surface area contributed by atoms with E-state index in [9.17, 15) is 0 Å². The lowest BCUT2D eigenvalue weighted by Crippen LogP contribution is -2.39. The van der Waals surface area contributed by atoms with Gasteiger partial charge in [-0.1, -0.05) is 6.07 Å². The van der Waals surface area contributed by atoms with Crippen LogP contribution >= 0.6 is 0 Å². The lowest BCUT2D eigenvalue weighted by atomic mass is 10.1. The van der Waals surface area contributed by atoms with Crippen LogP contribution in [0.4, 0.5) is 11.5 Å².